The molecule has 0 aliphatic rings. The standard InChI is InChI=1S/C21H42OS/c1-3-5-7-8-9-10-11-12-13-14-15-16-17-18-20-22-21(23)19-6-4-2/h3-20H2,1-2H3. The van der Waals surface area contributed by atoms with Crippen LogP contribution in [-0.2, 0) is 4.74 Å². The van der Waals surface area contributed by atoms with Gasteiger partial charge in [0.2, 0.25) is 0 Å². The molecule has 23 heavy (non-hydrogen) atoms. The first kappa shape index (κ1) is 22.9. The van der Waals surface area contributed by atoms with Gasteiger partial charge in [-0.2, -0.15) is 0 Å². The van der Waals surface area contributed by atoms with Gasteiger partial charge < -0.3 is 4.74 Å². The zero-order valence-electron chi connectivity index (χ0n) is 16.0. The molecule has 2 heteroatoms. The summed E-state index contributed by atoms with van der Waals surface area (Å²) in [6, 6.07) is 0. The molecule has 0 aliphatic heterocycles. The van der Waals surface area contributed by atoms with E-state index in [0.29, 0.717) is 0 Å². The van der Waals surface area contributed by atoms with Gasteiger partial charge >= 0.3 is 0 Å². The molecule has 0 radical (unpaired) electrons. The largest absolute Gasteiger partial charge is 0.487 e. The third-order valence-electron chi connectivity index (χ3n) is 4.50. The Morgan fingerprint density at radius 1 is 0.565 bits per heavy atom. The Hall–Kier alpha value is -0.110. The molecular formula is C21H42OS. The number of hydrogen-bond acceptors (Lipinski definition) is 2. The number of hydrogen-bond donors (Lipinski definition) is 0. The summed E-state index contributed by atoms with van der Waals surface area (Å²) < 4.78 is 5.58. The summed E-state index contributed by atoms with van der Waals surface area (Å²) >= 11 is 5.20. The second kappa shape index (κ2) is 19.9. The van der Waals surface area contributed by atoms with Crippen LogP contribution >= 0.6 is 12.2 Å². The minimum atomic E-state index is 0.821. The van der Waals surface area contributed by atoms with Gasteiger partial charge in [-0.25, -0.2) is 0 Å². The minimum Gasteiger partial charge on any atom is -0.487 e. The lowest BCUT2D eigenvalue weighted by atomic mass is 10.0. The molecule has 0 amide bonds. The van der Waals surface area contributed by atoms with Crippen LogP contribution in [0.3, 0.4) is 0 Å². The molecule has 0 saturated heterocycles. The van der Waals surface area contributed by atoms with Gasteiger partial charge in [0.05, 0.1) is 6.61 Å². The van der Waals surface area contributed by atoms with Crippen LogP contribution in [0.15, 0.2) is 0 Å². The third-order valence-corrected chi connectivity index (χ3v) is 4.82. The number of thiocarbonyl (C=S) groups is 1. The molecule has 0 heterocycles. The van der Waals surface area contributed by atoms with Crippen molar-refractivity contribution in [1.29, 1.82) is 0 Å². The summed E-state index contributed by atoms with van der Waals surface area (Å²) in [6.07, 6.45) is 22.9. The normalized spacial score (nSPS) is 10.9. The highest BCUT2D eigenvalue weighted by atomic mass is 32.1. The highest BCUT2D eigenvalue weighted by Gasteiger charge is 1.97. The smallest absolute Gasteiger partial charge is 0.159 e. The van der Waals surface area contributed by atoms with Gasteiger partial charge in [-0.1, -0.05) is 104 Å². The highest BCUT2D eigenvalue weighted by Crippen LogP contribution is 2.13. The predicted octanol–water partition coefficient (Wildman–Crippen LogP) is 8.00. The zero-order chi connectivity index (χ0) is 17.0. The highest BCUT2D eigenvalue weighted by molar-refractivity contribution is 7.80. The molecular weight excluding hydrogens is 300 g/mol. The van der Waals surface area contributed by atoms with E-state index in [4.69, 9.17) is 17.0 Å². The van der Waals surface area contributed by atoms with Gasteiger partial charge in [-0.15, -0.1) is 0 Å². The van der Waals surface area contributed by atoms with Gasteiger partial charge in [-0.3, -0.25) is 0 Å². The molecule has 0 saturated carbocycles. The maximum atomic E-state index is 5.58. The van der Waals surface area contributed by atoms with Gasteiger partial charge in [0.15, 0.2) is 5.05 Å². The van der Waals surface area contributed by atoms with Crippen molar-refractivity contribution in [1.82, 2.24) is 0 Å². The van der Waals surface area contributed by atoms with Crippen molar-refractivity contribution in [2.24, 2.45) is 0 Å². The van der Waals surface area contributed by atoms with Crippen molar-refractivity contribution in [3.8, 4) is 0 Å². The Morgan fingerprint density at radius 2 is 0.957 bits per heavy atom. The van der Waals surface area contributed by atoms with Crippen molar-refractivity contribution < 1.29 is 4.74 Å². The summed E-state index contributed by atoms with van der Waals surface area (Å²) in [6.45, 7) is 5.31. The third kappa shape index (κ3) is 19.8. The van der Waals surface area contributed by atoms with E-state index >= 15 is 0 Å². The molecule has 1 nitrogen and oxygen atoms in total. The predicted molar refractivity (Wildman–Crippen MR) is 108 cm³/mol. The fourth-order valence-corrected chi connectivity index (χ4v) is 3.10. The van der Waals surface area contributed by atoms with Crippen LogP contribution in [0.5, 0.6) is 0 Å². The lowest BCUT2D eigenvalue weighted by Crippen LogP contribution is -2.03. The summed E-state index contributed by atoms with van der Waals surface area (Å²) in [7, 11) is 0. The van der Waals surface area contributed by atoms with Crippen molar-refractivity contribution >= 4 is 17.3 Å². The van der Waals surface area contributed by atoms with Crippen LogP contribution in [-0.4, -0.2) is 11.7 Å². The number of rotatable bonds is 18. The SMILES string of the molecule is CCCCCCCCCCCCCCCCOC(=S)CCCC. The molecule has 0 aromatic heterocycles. The lowest BCUT2D eigenvalue weighted by Gasteiger charge is -2.07. The van der Waals surface area contributed by atoms with E-state index in [9.17, 15) is 0 Å². The number of ether oxygens (including phenoxy) is 1. The maximum Gasteiger partial charge on any atom is 0.159 e. The Kier molecular flexibility index (Phi) is 19.8. The first-order valence-electron chi connectivity index (χ1n) is 10.5. The van der Waals surface area contributed by atoms with Crippen LogP contribution in [0.2, 0.25) is 0 Å². The van der Waals surface area contributed by atoms with Crippen molar-refractivity contribution in [3.05, 3.63) is 0 Å². The number of unbranched alkanes of at least 4 members (excludes halogenated alkanes) is 14. The summed E-state index contributed by atoms with van der Waals surface area (Å²) in [5, 5.41) is 0.821. The second-order valence-electron chi connectivity index (χ2n) is 6.92. The van der Waals surface area contributed by atoms with E-state index in [1.807, 2.05) is 0 Å². The van der Waals surface area contributed by atoms with Crippen LogP contribution in [0.4, 0.5) is 0 Å². The first-order chi connectivity index (χ1) is 11.3. The van der Waals surface area contributed by atoms with Crippen LogP contribution < -0.4 is 0 Å². The summed E-state index contributed by atoms with van der Waals surface area (Å²) in [5.41, 5.74) is 0. The monoisotopic (exact) mass is 342 g/mol. The van der Waals surface area contributed by atoms with E-state index in [2.05, 4.69) is 13.8 Å². The van der Waals surface area contributed by atoms with E-state index in [1.54, 1.807) is 0 Å². The quantitative estimate of drug-likeness (QED) is 0.184. The van der Waals surface area contributed by atoms with Crippen molar-refractivity contribution in [2.75, 3.05) is 6.61 Å². The maximum absolute atomic E-state index is 5.58. The second-order valence-corrected chi connectivity index (χ2v) is 7.38. The van der Waals surface area contributed by atoms with Crippen LogP contribution in [0, 0.1) is 0 Å². The molecule has 0 aromatic rings. The molecule has 0 spiro atoms. The summed E-state index contributed by atoms with van der Waals surface area (Å²) in [4.78, 5) is 0. The van der Waals surface area contributed by atoms with E-state index in [0.717, 1.165) is 24.5 Å². The summed E-state index contributed by atoms with van der Waals surface area (Å²) in [5.74, 6) is 0. The first-order valence-corrected chi connectivity index (χ1v) is 10.9. The van der Waals surface area contributed by atoms with Crippen molar-refractivity contribution in [3.63, 3.8) is 0 Å². The lowest BCUT2D eigenvalue weighted by molar-refractivity contribution is 0.291. The molecule has 0 bridgehead atoms. The van der Waals surface area contributed by atoms with E-state index < -0.39 is 0 Å². The molecule has 0 rings (SSSR count). The molecule has 0 atom stereocenters. The van der Waals surface area contributed by atoms with E-state index in [1.165, 1.54) is 96.3 Å². The van der Waals surface area contributed by atoms with Crippen LogP contribution in [0.25, 0.3) is 0 Å². The average molecular weight is 343 g/mol. The Balaban J connectivity index is 3.04. The van der Waals surface area contributed by atoms with Gasteiger partial charge in [-0.05, 0) is 25.1 Å². The topological polar surface area (TPSA) is 9.23 Å². The Bertz CT molecular complexity index is 240. The molecule has 0 aromatic carbocycles. The fourth-order valence-electron chi connectivity index (χ4n) is 2.88. The van der Waals surface area contributed by atoms with Crippen molar-refractivity contribution in [2.45, 2.75) is 123 Å². The average Bonchev–Trinajstić information content (AvgIpc) is 2.56. The van der Waals surface area contributed by atoms with E-state index in [-0.39, 0.29) is 0 Å². The van der Waals surface area contributed by atoms with Gasteiger partial charge in [0.1, 0.15) is 0 Å². The molecule has 138 valence electrons. The minimum absolute atomic E-state index is 0.821. The van der Waals surface area contributed by atoms with Gasteiger partial charge in [0, 0.05) is 6.42 Å². The molecule has 0 N–H and O–H groups in total. The Labute approximate surface area is 152 Å². The van der Waals surface area contributed by atoms with Gasteiger partial charge in [0.25, 0.3) is 0 Å². The molecule has 0 aliphatic carbocycles. The van der Waals surface area contributed by atoms with Crippen LogP contribution in [0.1, 0.15) is 123 Å². The zero-order valence-corrected chi connectivity index (χ0v) is 16.9. The molecule has 0 unspecified atom stereocenters. The fraction of sp³-hybridized carbons (Fsp3) is 0.952. The molecule has 0 fully saturated rings. The Morgan fingerprint density at radius 3 is 1.39 bits per heavy atom.